The standard InChI is InChI=1S/C32H33N7O3/c1-20-5-7-23(8-6-20)32(41)39-17-3-4-24(19-39)37-30(34)28-26(14-16-36-29(28)33)42-25-11-9-22(10-12-25)31(40)38-27-18-21(2)13-15-35-27/h5-16,18,24H,3-4,17,19H2,1-2H3,(H2,33,36)(H2,34,37)(H,35,38,40)/t24-/m1/s1. The van der Waals surface area contributed by atoms with E-state index < -0.39 is 0 Å². The number of hydrogen-bond donors (Lipinski definition) is 3. The monoisotopic (exact) mass is 563 g/mol. The maximum absolute atomic E-state index is 13.1. The zero-order valence-corrected chi connectivity index (χ0v) is 23.6. The van der Waals surface area contributed by atoms with Crippen LogP contribution in [0, 0.1) is 13.8 Å². The number of amides is 2. The number of carbonyl (C=O) groups excluding carboxylic acids is 2. The molecule has 0 radical (unpaired) electrons. The first kappa shape index (κ1) is 28.3. The molecule has 5 N–H and O–H groups in total. The van der Waals surface area contributed by atoms with E-state index in [0.717, 1.165) is 24.0 Å². The smallest absolute Gasteiger partial charge is 0.256 e. The topological polar surface area (TPSA) is 149 Å². The molecule has 1 atom stereocenters. The lowest BCUT2D eigenvalue weighted by atomic mass is 10.0. The lowest BCUT2D eigenvalue weighted by molar-refractivity contribution is 0.0709. The Balaban J connectivity index is 1.29. The summed E-state index contributed by atoms with van der Waals surface area (Å²) in [5, 5.41) is 2.79. The van der Waals surface area contributed by atoms with Crippen LogP contribution in [0.1, 0.15) is 50.2 Å². The summed E-state index contributed by atoms with van der Waals surface area (Å²) < 4.78 is 6.11. The van der Waals surface area contributed by atoms with Crippen LogP contribution in [0.4, 0.5) is 11.6 Å². The molecule has 0 spiro atoms. The van der Waals surface area contributed by atoms with Gasteiger partial charge in [-0.3, -0.25) is 14.6 Å². The number of hydrogen-bond acceptors (Lipinski definition) is 7. The van der Waals surface area contributed by atoms with E-state index >= 15 is 0 Å². The normalized spacial score (nSPS) is 15.2. The second kappa shape index (κ2) is 12.5. The third-order valence-electron chi connectivity index (χ3n) is 7.00. The highest BCUT2D eigenvalue weighted by atomic mass is 16.5. The number of anilines is 2. The van der Waals surface area contributed by atoms with Crippen molar-refractivity contribution >= 4 is 29.3 Å². The van der Waals surface area contributed by atoms with Crippen molar-refractivity contribution in [2.45, 2.75) is 32.7 Å². The number of piperidine rings is 1. The number of nitrogens with two attached hydrogens (primary N) is 2. The Bertz CT molecular complexity index is 1620. The molecule has 1 fully saturated rings. The third-order valence-corrected chi connectivity index (χ3v) is 7.00. The number of amidine groups is 1. The van der Waals surface area contributed by atoms with Gasteiger partial charge in [-0.1, -0.05) is 17.7 Å². The molecule has 10 nitrogen and oxygen atoms in total. The van der Waals surface area contributed by atoms with Gasteiger partial charge in [-0.25, -0.2) is 9.97 Å². The number of carbonyl (C=O) groups is 2. The van der Waals surface area contributed by atoms with Crippen LogP contribution in [0.3, 0.4) is 0 Å². The number of pyridine rings is 2. The van der Waals surface area contributed by atoms with E-state index in [4.69, 9.17) is 21.2 Å². The Morgan fingerprint density at radius 1 is 0.952 bits per heavy atom. The highest BCUT2D eigenvalue weighted by molar-refractivity contribution is 6.04. The van der Waals surface area contributed by atoms with E-state index in [1.54, 1.807) is 42.6 Å². The molecule has 3 heterocycles. The SMILES string of the molecule is Cc1ccc(C(=O)N2CCC[C@@H](N=C(N)c3c(Oc4ccc(C(=O)Nc5cc(C)ccn5)cc4)ccnc3N)C2)cc1. The van der Waals surface area contributed by atoms with E-state index in [2.05, 4.69) is 15.3 Å². The third kappa shape index (κ3) is 6.72. The number of likely N-dealkylation sites (tertiary alicyclic amines) is 1. The highest BCUT2D eigenvalue weighted by Gasteiger charge is 2.25. The fourth-order valence-corrected chi connectivity index (χ4v) is 4.78. The van der Waals surface area contributed by atoms with Gasteiger partial charge in [-0.05, 0) is 80.8 Å². The van der Waals surface area contributed by atoms with Gasteiger partial charge in [0.1, 0.15) is 34.5 Å². The van der Waals surface area contributed by atoms with Crippen molar-refractivity contribution in [3.8, 4) is 11.5 Å². The largest absolute Gasteiger partial charge is 0.456 e. The maximum Gasteiger partial charge on any atom is 0.256 e. The number of ether oxygens (including phenoxy) is 1. The summed E-state index contributed by atoms with van der Waals surface area (Å²) in [6.07, 6.45) is 4.77. The van der Waals surface area contributed by atoms with Crippen LogP contribution in [0.15, 0.2) is 84.1 Å². The van der Waals surface area contributed by atoms with Gasteiger partial charge in [-0.2, -0.15) is 0 Å². The molecule has 1 saturated heterocycles. The number of aromatic nitrogens is 2. The molecule has 2 amide bonds. The van der Waals surface area contributed by atoms with Gasteiger partial charge in [0.25, 0.3) is 11.8 Å². The second-order valence-corrected chi connectivity index (χ2v) is 10.3. The molecule has 0 bridgehead atoms. The number of nitrogens with one attached hydrogen (secondary N) is 1. The Hall–Kier alpha value is -5.25. The van der Waals surface area contributed by atoms with Gasteiger partial charge >= 0.3 is 0 Å². The van der Waals surface area contributed by atoms with Gasteiger partial charge in [0.05, 0.1) is 6.04 Å². The summed E-state index contributed by atoms with van der Waals surface area (Å²) in [7, 11) is 0. The minimum absolute atomic E-state index is 0.0225. The first-order valence-corrected chi connectivity index (χ1v) is 13.7. The van der Waals surface area contributed by atoms with Crippen molar-refractivity contribution in [2.75, 3.05) is 24.1 Å². The van der Waals surface area contributed by atoms with E-state index in [1.807, 2.05) is 49.1 Å². The van der Waals surface area contributed by atoms with Gasteiger partial charge in [-0.15, -0.1) is 0 Å². The molecule has 5 rings (SSSR count). The lowest BCUT2D eigenvalue weighted by Crippen LogP contribution is -2.42. The van der Waals surface area contributed by atoms with Gasteiger partial charge in [0.15, 0.2) is 0 Å². The van der Waals surface area contributed by atoms with E-state index in [-0.39, 0.29) is 29.5 Å². The predicted octanol–water partition coefficient (Wildman–Crippen LogP) is 4.73. The molecule has 1 aliphatic rings. The summed E-state index contributed by atoms with van der Waals surface area (Å²) in [5.74, 6) is 1.40. The van der Waals surface area contributed by atoms with Crippen molar-refractivity contribution < 1.29 is 14.3 Å². The average Bonchev–Trinajstić information content (AvgIpc) is 2.98. The first-order chi connectivity index (χ1) is 20.3. The molecule has 2 aromatic heterocycles. The molecule has 0 saturated carbocycles. The minimum Gasteiger partial charge on any atom is -0.456 e. The quantitative estimate of drug-likeness (QED) is 0.217. The van der Waals surface area contributed by atoms with Gasteiger partial charge < -0.3 is 26.4 Å². The Morgan fingerprint density at radius 3 is 2.40 bits per heavy atom. The maximum atomic E-state index is 13.1. The van der Waals surface area contributed by atoms with E-state index in [1.165, 1.54) is 6.20 Å². The zero-order chi connectivity index (χ0) is 29.6. The minimum atomic E-state index is -0.285. The van der Waals surface area contributed by atoms with Crippen LogP contribution >= 0.6 is 0 Å². The zero-order valence-electron chi connectivity index (χ0n) is 23.6. The summed E-state index contributed by atoms with van der Waals surface area (Å²) in [6, 6.07) is 19.4. The summed E-state index contributed by atoms with van der Waals surface area (Å²) in [5.41, 5.74) is 16.3. The highest BCUT2D eigenvalue weighted by Crippen LogP contribution is 2.29. The number of aryl methyl sites for hydroxylation is 2. The first-order valence-electron chi connectivity index (χ1n) is 13.7. The molecular formula is C32H33N7O3. The van der Waals surface area contributed by atoms with Crippen molar-refractivity contribution in [3.63, 3.8) is 0 Å². The summed E-state index contributed by atoms with van der Waals surface area (Å²) in [4.78, 5) is 40.6. The molecule has 4 aromatic rings. The van der Waals surface area contributed by atoms with Crippen LogP contribution in [0.25, 0.3) is 0 Å². The number of aliphatic imine (C=N–C) groups is 1. The van der Waals surface area contributed by atoms with Gasteiger partial charge in [0.2, 0.25) is 0 Å². The second-order valence-electron chi connectivity index (χ2n) is 10.3. The summed E-state index contributed by atoms with van der Waals surface area (Å²) in [6.45, 7) is 5.03. The number of nitrogen functional groups attached to an aromatic ring is 1. The summed E-state index contributed by atoms with van der Waals surface area (Å²) >= 11 is 0. The van der Waals surface area contributed by atoms with Crippen LogP contribution in [-0.2, 0) is 0 Å². The van der Waals surface area contributed by atoms with E-state index in [9.17, 15) is 9.59 Å². The molecule has 10 heteroatoms. The Labute approximate surface area is 244 Å². The predicted molar refractivity (Wildman–Crippen MR) is 163 cm³/mol. The molecule has 214 valence electrons. The lowest BCUT2D eigenvalue weighted by Gasteiger charge is -2.31. The van der Waals surface area contributed by atoms with Crippen LogP contribution in [0.5, 0.6) is 11.5 Å². The van der Waals surface area contributed by atoms with Crippen molar-refractivity contribution in [1.29, 1.82) is 0 Å². The van der Waals surface area contributed by atoms with Crippen LogP contribution in [-0.4, -0.2) is 51.6 Å². The molecule has 0 aliphatic carbocycles. The van der Waals surface area contributed by atoms with Gasteiger partial charge in [0, 0.05) is 42.7 Å². The van der Waals surface area contributed by atoms with Crippen molar-refractivity contribution in [3.05, 3.63) is 107 Å². The Kier molecular flexibility index (Phi) is 8.42. The molecule has 1 aliphatic heterocycles. The molecule has 0 unspecified atom stereocenters. The fourth-order valence-electron chi connectivity index (χ4n) is 4.78. The van der Waals surface area contributed by atoms with Crippen LogP contribution < -0.4 is 21.5 Å². The molecule has 42 heavy (non-hydrogen) atoms. The van der Waals surface area contributed by atoms with Crippen molar-refractivity contribution in [2.24, 2.45) is 10.7 Å². The number of nitrogens with zero attached hydrogens (tertiary/aromatic N) is 4. The fraction of sp³-hybridized carbons (Fsp3) is 0.219. The number of benzene rings is 2. The Morgan fingerprint density at radius 2 is 1.67 bits per heavy atom. The molecule has 2 aromatic carbocycles. The van der Waals surface area contributed by atoms with Crippen molar-refractivity contribution in [1.82, 2.24) is 14.9 Å². The van der Waals surface area contributed by atoms with Crippen LogP contribution in [0.2, 0.25) is 0 Å². The molecular weight excluding hydrogens is 530 g/mol. The van der Waals surface area contributed by atoms with E-state index in [0.29, 0.717) is 47.1 Å². The number of rotatable bonds is 7. The average molecular weight is 564 g/mol.